The van der Waals surface area contributed by atoms with Gasteiger partial charge in [-0.2, -0.15) is 0 Å². The van der Waals surface area contributed by atoms with Gasteiger partial charge in [0.2, 0.25) is 0 Å². The maximum atomic E-state index is 12.6. The van der Waals surface area contributed by atoms with Gasteiger partial charge in [0.15, 0.2) is 5.65 Å². The van der Waals surface area contributed by atoms with Crippen molar-refractivity contribution in [2.45, 2.75) is 13.5 Å². The van der Waals surface area contributed by atoms with Crippen LogP contribution < -0.4 is 22.3 Å². The third-order valence-electron chi connectivity index (χ3n) is 4.39. The molecule has 1 aromatic carbocycles. The average molecular weight is 353 g/mol. The zero-order valence-corrected chi connectivity index (χ0v) is 14.7. The zero-order valence-electron chi connectivity index (χ0n) is 14.7. The van der Waals surface area contributed by atoms with Crippen molar-refractivity contribution < 1.29 is 4.79 Å². The van der Waals surface area contributed by atoms with Crippen LogP contribution in [0.1, 0.15) is 21.5 Å². The number of aromatic nitrogens is 3. The van der Waals surface area contributed by atoms with Crippen LogP contribution in [0.4, 0.5) is 5.82 Å². The number of aryl methyl sites for hydroxylation is 2. The van der Waals surface area contributed by atoms with Crippen LogP contribution in [0.25, 0.3) is 11.0 Å². The quantitative estimate of drug-likeness (QED) is 0.710. The Kier molecular flexibility index (Phi) is 4.33. The van der Waals surface area contributed by atoms with Gasteiger partial charge in [0.1, 0.15) is 5.82 Å². The Bertz CT molecular complexity index is 1130. The summed E-state index contributed by atoms with van der Waals surface area (Å²) in [6, 6.07) is 9.42. The number of pyridine rings is 1. The second-order valence-electron chi connectivity index (χ2n) is 6.07. The lowest BCUT2D eigenvalue weighted by atomic mass is 10.1. The van der Waals surface area contributed by atoms with E-state index in [1.165, 1.54) is 18.7 Å². The number of carbonyl (C=O) groups excluding carboxylic acids is 1. The number of benzene rings is 1. The van der Waals surface area contributed by atoms with E-state index in [1.54, 1.807) is 6.92 Å². The smallest absolute Gasteiger partial charge is 0.332 e. The molecule has 0 fully saturated rings. The molecule has 134 valence electrons. The highest BCUT2D eigenvalue weighted by molar-refractivity contribution is 6.03. The van der Waals surface area contributed by atoms with Gasteiger partial charge in [-0.25, -0.2) is 9.78 Å². The van der Waals surface area contributed by atoms with Crippen LogP contribution in [0.2, 0.25) is 0 Å². The van der Waals surface area contributed by atoms with E-state index in [9.17, 15) is 14.4 Å². The molecule has 8 nitrogen and oxygen atoms in total. The fourth-order valence-corrected chi connectivity index (χ4v) is 2.93. The Labute approximate surface area is 148 Å². The summed E-state index contributed by atoms with van der Waals surface area (Å²) in [6.45, 7) is 1.95. The molecule has 3 aromatic rings. The lowest BCUT2D eigenvalue weighted by molar-refractivity contribution is 0.0951. The van der Waals surface area contributed by atoms with Crippen molar-refractivity contribution in [2.75, 3.05) is 5.73 Å². The summed E-state index contributed by atoms with van der Waals surface area (Å²) >= 11 is 0. The van der Waals surface area contributed by atoms with Gasteiger partial charge < -0.3 is 11.1 Å². The monoisotopic (exact) mass is 353 g/mol. The fraction of sp³-hybridized carbons (Fsp3) is 0.222. The van der Waals surface area contributed by atoms with Gasteiger partial charge in [0.05, 0.1) is 10.9 Å². The van der Waals surface area contributed by atoms with Crippen LogP contribution in [0, 0.1) is 6.92 Å². The molecule has 3 N–H and O–H groups in total. The van der Waals surface area contributed by atoms with E-state index in [2.05, 4.69) is 10.3 Å². The van der Waals surface area contributed by atoms with Crippen molar-refractivity contribution in [3.8, 4) is 0 Å². The SMILES string of the molecule is Cc1c(C(=O)NCc2ccccc2)c(N)nc2c1c(=O)n(C)c(=O)n2C. The number of nitrogens with one attached hydrogen (secondary N) is 1. The Morgan fingerprint density at radius 1 is 1.15 bits per heavy atom. The number of fused-ring (bicyclic) bond motifs is 1. The van der Waals surface area contributed by atoms with Crippen LogP contribution in [0.15, 0.2) is 39.9 Å². The topological polar surface area (TPSA) is 112 Å². The first-order chi connectivity index (χ1) is 12.3. The zero-order chi connectivity index (χ0) is 19.0. The summed E-state index contributed by atoms with van der Waals surface area (Å²) in [5.41, 5.74) is 6.59. The number of hydrogen-bond acceptors (Lipinski definition) is 5. The molecule has 0 aliphatic carbocycles. The highest BCUT2D eigenvalue weighted by Crippen LogP contribution is 2.21. The maximum absolute atomic E-state index is 12.6. The largest absolute Gasteiger partial charge is 0.383 e. The standard InChI is InChI=1S/C18H19N5O3/c1-10-12(16(24)20-9-11-7-5-4-6-8-11)14(19)21-15-13(10)17(25)23(3)18(26)22(15)2/h4-8H,9H2,1-3H3,(H2,19,21)(H,20,24). The molecule has 0 aliphatic rings. The minimum Gasteiger partial charge on any atom is -0.383 e. The number of anilines is 1. The van der Waals surface area contributed by atoms with E-state index in [4.69, 9.17) is 5.73 Å². The highest BCUT2D eigenvalue weighted by atomic mass is 16.2. The summed E-state index contributed by atoms with van der Waals surface area (Å²) in [5, 5.41) is 2.99. The lowest BCUT2D eigenvalue weighted by Gasteiger charge is -2.14. The van der Waals surface area contributed by atoms with Gasteiger partial charge in [-0.15, -0.1) is 0 Å². The predicted molar refractivity (Wildman–Crippen MR) is 99.0 cm³/mol. The maximum Gasteiger partial charge on any atom is 0.332 e. The van der Waals surface area contributed by atoms with E-state index < -0.39 is 17.2 Å². The summed E-state index contributed by atoms with van der Waals surface area (Å²) in [6.07, 6.45) is 0. The van der Waals surface area contributed by atoms with Gasteiger partial charge in [0, 0.05) is 20.6 Å². The van der Waals surface area contributed by atoms with Crippen LogP contribution in [0.3, 0.4) is 0 Å². The summed E-state index contributed by atoms with van der Waals surface area (Å²) in [7, 11) is 2.89. The van der Waals surface area contributed by atoms with E-state index in [1.807, 2.05) is 30.3 Å². The molecular formula is C18H19N5O3. The van der Waals surface area contributed by atoms with Crippen LogP contribution in [-0.2, 0) is 20.6 Å². The van der Waals surface area contributed by atoms with Crippen molar-refractivity contribution >= 4 is 22.8 Å². The average Bonchev–Trinajstić information content (AvgIpc) is 2.63. The molecule has 0 saturated carbocycles. The van der Waals surface area contributed by atoms with Crippen molar-refractivity contribution in [3.63, 3.8) is 0 Å². The molecule has 0 spiro atoms. The Morgan fingerprint density at radius 2 is 1.81 bits per heavy atom. The van der Waals surface area contributed by atoms with E-state index in [0.29, 0.717) is 12.1 Å². The van der Waals surface area contributed by atoms with Crippen LogP contribution >= 0.6 is 0 Å². The van der Waals surface area contributed by atoms with Gasteiger partial charge in [-0.1, -0.05) is 30.3 Å². The van der Waals surface area contributed by atoms with Gasteiger partial charge in [0.25, 0.3) is 11.5 Å². The number of nitrogen functional groups attached to an aromatic ring is 1. The number of nitrogens with two attached hydrogens (primary N) is 1. The minimum absolute atomic E-state index is 0.0242. The Hall–Kier alpha value is -3.42. The van der Waals surface area contributed by atoms with Crippen LogP contribution in [0.5, 0.6) is 0 Å². The molecule has 1 amide bonds. The van der Waals surface area contributed by atoms with Crippen molar-refractivity contribution in [3.05, 3.63) is 67.9 Å². The summed E-state index contributed by atoms with van der Waals surface area (Å²) in [4.78, 5) is 41.4. The Morgan fingerprint density at radius 3 is 2.46 bits per heavy atom. The third-order valence-corrected chi connectivity index (χ3v) is 4.39. The molecule has 0 saturated heterocycles. The molecule has 0 unspecified atom stereocenters. The molecule has 2 aromatic heterocycles. The number of rotatable bonds is 3. The van der Waals surface area contributed by atoms with Crippen molar-refractivity contribution in [1.29, 1.82) is 0 Å². The number of carbonyl (C=O) groups is 1. The molecule has 0 aliphatic heterocycles. The lowest BCUT2D eigenvalue weighted by Crippen LogP contribution is -2.38. The molecule has 0 radical (unpaired) electrons. The Balaban J connectivity index is 2.11. The normalized spacial score (nSPS) is 10.9. The molecule has 3 rings (SSSR count). The van der Waals surface area contributed by atoms with Gasteiger partial charge in [-0.05, 0) is 18.1 Å². The molecule has 0 atom stereocenters. The first kappa shape index (κ1) is 17.4. The van der Waals surface area contributed by atoms with E-state index in [0.717, 1.165) is 10.1 Å². The third kappa shape index (κ3) is 2.75. The number of nitrogens with zero attached hydrogens (tertiary/aromatic N) is 3. The van der Waals surface area contributed by atoms with Gasteiger partial charge in [-0.3, -0.25) is 18.7 Å². The van der Waals surface area contributed by atoms with Crippen molar-refractivity contribution in [1.82, 2.24) is 19.4 Å². The molecular weight excluding hydrogens is 334 g/mol. The number of hydrogen-bond donors (Lipinski definition) is 2. The molecule has 26 heavy (non-hydrogen) atoms. The summed E-state index contributed by atoms with van der Waals surface area (Å²) in [5.74, 6) is -0.446. The second-order valence-corrected chi connectivity index (χ2v) is 6.07. The van der Waals surface area contributed by atoms with Crippen LogP contribution in [-0.4, -0.2) is 20.0 Å². The fourth-order valence-electron chi connectivity index (χ4n) is 2.93. The van der Waals surface area contributed by atoms with Gasteiger partial charge >= 0.3 is 5.69 Å². The molecule has 0 bridgehead atoms. The second kappa shape index (κ2) is 6.47. The van der Waals surface area contributed by atoms with E-state index in [-0.39, 0.29) is 22.4 Å². The highest BCUT2D eigenvalue weighted by Gasteiger charge is 2.21. The molecule has 2 heterocycles. The minimum atomic E-state index is -0.509. The van der Waals surface area contributed by atoms with E-state index >= 15 is 0 Å². The molecule has 8 heteroatoms. The first-order valence-corrected chi connectivity index (χ1v) is 8.00. The summed E-state index contributed by atoms with van der Waals surface area (Å²) < 4.78 is 2.23. The first-order valence-electron chi connectivity index (χ1n) is 8.00. The predicted octanol–water partition coefficient (Wildman–Crippen LogP) is 0.453. The number of amides is 1. The van der Waals surface area contributed by atoms with Crippen molar-refractivity contribution in [2.24, 2.45) is 14.1 Å².